The van der Waals surface area contributed by atoms with E-state index in [-0.39, 0.29) is 24.9 Å². The fourth-order valence-corrected chi connectivity index (χ4v) is 2.79. The summed E-state index contributed by atoms with van der Waals surface area (Å²) in [6.45, 7) is 1.07. The highest BCUT2D eigenvalue weighted by atomic mass is 32.2. The lowest BCUT2D eigenvalue weighted by atomic mass is 10.2. The Labute approximate surface area is 91.1 Å². The number of ether oxygens (including phenoxy) is 1. The number of sulfonamides is 1. The summed E-state index contributed by atoms with van der Waals surface area (Å²) >= 11 is 0. The van der Waals surface area contributed by atoms with E-state index in [4.69, 9.17) is 9.84 Å². The third-order valence-corrected chi connectivity index (χ3v) is 4.42. The van der Waals surface area contributed by atoms with Crippen molar-refractivity contribution < 1.29 is 18.3 Å². The highest BCUT2D eigenvalue weighted by Gasteiger charge is 2.23. The molecule has 0 radical (unpaired) electrons. The molecule has 0 spiro atoms. The highest BCUT2D eigenvalue weighted by Crippen LogP contribution is 2.14. The maximum absolute atomic E-state index is 11.6. The predicted molar refractivity (Wildman–Crippen MR) is 57.1 cm³/mol. The van der Waals surface area contributed by atoms with Crippen molar-refractivity contribution in [2.75, 3.05) is 32.6 Å². The maximum atomic E-state index is 11.6. The summed E-state index contributed by atoms with van der Waals surface area (Å²) in [6.07, 6.45) is 2.27. The van der Waals surface area contributed by atoms with E-state index in [1.165, 1.54) is 4.31 Å². The molecule has 6 heteroatoms. The summed E-state index contributed by atoms with van der Waals surface area (Å²) in [5.74, 6) is 0.00667. The summed E-state index contributed by atoms with van der Waals surface area (Å²) in [5, 5.41) is 8.59. The molecule has 0 amide bonds. The van der Waals surface area contributed by atoms with Gasteiger partial charge in [-0.3, -0.25) is 0 Å². The number of hydrogen-bond acceptors (Lipinski definition) is 4. The number of rotatable bonds is 6. The molecule has 0 bridgehead atoms. The normalized spacial score (nSPS) is 22.5. The number of likely N-dealkylation sites (N-methyl/N-ethyl adjacent to an activating group) is 1. The van der Waals surface area contributed by atoms with Crippen molar-refractivity contribution in [2.45, 2.75) is 25.4 Å². The van der Waals surface area contributed by atoms with Gasteiger partial charge in [0.05, 0.1) is 11.9 Å². The molecule has 1 atom stereocenters. The maximum Gasteiger partial charge on any atom is 0.214 e. The van der Waals surface area contributed by atoms with Crippen molar-refractivity contribution in [3.63, 3.8) is 0 Å². The number of hydrogen-bond donors (Lipinski definition) is 1. The molecule has 0 aromatic heterocycles. The van der Waals surface area contributed by atoms with Crippen LogP contribution in [0, 0.1) is 0 Å². The first-order valence-corrected chi connectivity index (χ1v) is 6.83. The van der Waals surface area contributed by atoms with Crippen molar-refractivity contribution in [2.24, 2.45) is 0 Å². The minimum absolute atomic E-state index is 0.00667. The largest absolute Gasteiger partial charge is 0.396 e. The van der Waals surface area contributed by atoms with Crippen LogP contribution in [0.3, 0.4) is 0 Å². The molecule has 1 unspecified atom stereocenters. The first-order chi connectivity index (χ1) is 7.06. The third-order valence-electron chi connectivity index (χ3n) is 2.52. The second-order valence-corrected chi connectivity index (χ2v) is 6.00. The van der Waals surface area contributed by atoms with Crippen LogP contribution in [-0.4, -0.2) is 56.5 Å². The Hall–Kier alpha value is -0.170. The Balaban J connectivity index is 2.40. The smallest absolute Gasteiger partial charge is 0.214 e. The molecule has 1 N–H and O–H groups in total. The van der Waals surface area contributed by atoms with Gasteiger partial charge in [0, 0.05) is 26.8 Å². The minimum atomic E-state index is -3.22. The monoisotopic (exact) mass is 237 g/mol. The lowest BCUT2D eigenvalue weighted by molar-refractivity contribution is 0.0978. The standard InChI is InChI=1S/C9H19NO4S/c1-10(8-9-4-2-6-14-9)15(12,13)7-3-5-11/h9,11H,2-8H2,1H3. The molecule has 90 valence electrons. The second kappa shape index (κ2) is 5.79. The Morgan fingerprint density at radius 3 is 2.80 bits per heavy atom. The van der Waals surface area contributed by atoms with Crippen LogP contribution in [0.15, 0.2) is 0 Å². The molecule has 5 nitrogen and oxygen atoms in total. The lowest BCUT2D eigenvalue weighted by Gasteiger charge is -2.20. The van der Waals surface area contributed by atoms with Gasteiger partial charge in [-0.2, -0.15) is 0 Å². The Morgan fingerprint density at radius 2 is 2.27 bits per heavy atom. The number of aliphatic hydroxyl groups excluding tert-OH is 1. The molecule has 1 aliphatic rings. The molecule has 0 aromatic rings. The van der Waals surface area contributed by atoms with Crippen molar-refractivity contribution >= 4 is 10.0 Å². The summed E-state index contributed by atoms with van der Waals surface area (Å²) in [4.78, 5) is 0. The van der Waals surface area contributed by atoms with E-state index < -0.39 is 10.0 Å². The van der Waals surface area contributed by atoms with Gasteiger partial charge in [-0.15, -0.1) is 0 Å². The minimum Gasteiger partial charge on any atom is -0.396 e. The first kappa shape index (κ1) is 12.9. The Bertz CT molecular complexity index is 272. The Morgan fingerprint density at radius 1 is 1.53 bits per heavy atom. The molecule has 0 saturated carbocycles. The quantitative estimate of drug-likeness (QED) is 0.695. The summed E-state index contributed by atoms with van der Waals surface area (Å²) in [5.41, 5.74) is 0. The number of nitrogens with zero attached hydrogens (tertiary/aromatic N) is 1. The van der Waals surface area contributed by atoms with Crippen LogP contribution < -0.4 is 0 Å². The van der Waals surface area contributed by atoms with Crippen LogP contribution in [0.1, 0.15) is 19.3 Å². The Kier molecular flexibility index (Phi) is 4.98. The lowest BCUT2D eigenvalue weighted by Crippen LogP contribution is -2.35. The fourth-order valence-electron chi connectivity index (χ4n) is 1.59. The van der Waals surface area contributed by atoms with Gasteiger partial charge in [0.25, 0.3) is 0 Å². The fraction of sp³-hybridized carbons (Fsp3) is 1.00. The van der Waals surface area contributed by atoms with E-state index >= 15 is 0 Å². The van der Waals surface area contributed by atoms with Crippen LogP contribution in [0.5, 0.6) is 0 Å². The van der Waals surface area contributed by atoms with Gasteiger partial charge in [0.1, 0.15) is 0 Å². The number of aliphatic hydroxyl groups is 1. The van der Waals surface area contributed by atoms with E-state index in [1.807, 2.05) is 0 Å². The van der Waals surface area contributed by atoms with Crippen molar-refractivity contribution in [3.8, 4) is 0 Å². The zero-order valence-corrected chi connectivity index (χ0v) is 9.87. The summed E-state index contributed by atoms with van der Waals surface area (Å²) in [7, 11) is -1.65. The highest BCUT2D eigenvalue weighted by molar-refractivity contribution is 7.89. The van der Waals surface area contributed by atoms with Crippen LogP contribution in [0.25, 0.3) is 0 Å². The average Bonchev–Trinajstić information content (AvgIpc) is 2.67. The van der Waals surface area contributed by atoms with Crippen LogP contribution in [-0.2, 0) is 14.8 Å². The summed E-state index contributed by atoms with van der Waals surface area (Å²) in [6, 6.07) is 0. The van der Waals surface area contributed by atoms with Crippen molar-refractivity contribution in [1.82, 2.24) is 4.31 Å². The molecule has 1 rings (SSSR count). The average molecular weight is 237 g/mol. The first-order valence-electron chi connectivity index (χ1n) is 5.23. The van der Waals surface area contributed by atoms with Crippen LogP contribution >= 0.6 is 0 Å². The van der Waals surface area contributed by atoms with Gasteiger partial charge in [0.2, 0.25) is 10.0 Å². The van der Waals surface area contributed by atoms with Crippen LogP contribution in [0.2, 0.25) is 0 Å². The van der Waals surface area contributed by atoms with Gasteiger partial charge >= 0.3 is 0 Å². The summed E-state index contributed by atoms with van der Waals surface area (Å²) < 4.78 is 30.0. The second-order valence-electron chi connectivity index (χ2n) is 3.81. The topological polar surface area (TPSA) is 66.8 Å². The van der Waals surface area contributed by atoms with Gasteiger partial charge in [0.15, 0.2) is 0 Å². The molecule has 1 saturated heterocycles. The van der Waals surface area contributed by atoms with Gasteiger partial charge in [-0.1, -0.05) is 0 Å². The van der Waals surface area contributed by atoms with E-state index in [2.05, 4.69) is 0 Å². The molecular formula is C9H19NO4S. The molecule has 1 fully saturated rings. The molecule has 0 aromatic carbocycles. The van der Waals surface area contributed by atoms with Crippen LogP contribution in [0.4, 0.5) is 0 Å². The predicted octanol–water partition coefficient (Wildman–Crippen LogP) is -0.191. The zero-order chi connectivity index (χ0) is 11.3. The van der Waals surface area contributed by atoms with E-state index in [0.29, 0.717) is 6.54 Å². The SMILES string of the molecule is CN(CC1CCCO1)S(=O)(=O)CCCO. The van der Waals surface area contributed by atoms with Crippen molar-refractivity contribution in [3.05, 3.63) is 0 Å². The molecular weight excluding hydrogens is 218 g/mol. The molecule has 15 heavy (non-hydrogen) atoms. The van der Waals surface area contributed by atoms with E-state index in [9.17, 15) is 8.42 Å². The van der Waals surface area contributed by atoms with E-state index in [1.54, 1.807) is 7.05 Å². The zero-order valence-electron chi connectivity index (χ0n) is 9.05. The van der Waals surface area contributed by atoms with E-state index in [0.717, 1.165) is 19.4 Å². The molecule has 0 aliphatic carbocycles. The molecule has 1 heterocycles. The van der Waals surface area contributed by atoms with Gasteiger partial charge in [-0.05, 0) is 19.3 Å². The molecule has 1 aliphatic heterocycles. The van der Waals surface area contributed by atoms with Gasteiger partial charge in [-0.25, -0.2) is 12.7 Å². The third kappa shape index (κ3) is 4.06. The van der Waals surface area contributed by atoms with Crippen molar-refractivity contribution in [1.29, 1.82) is 0 Å². The van der Waals surface area contributed by atoms with Gasteiger partial charge < -0.3 is 9.84 Å².